The van der Waals surface area contributed by atoms with Gasteiger partial charge < -0.3 is 9.55 Å². The van der Waals surface area contributed by atoms with E-state index in [0.717, 1.165) is 11.2 Å². The van der Waals surface area contributed by atoms with Gasteiger partial charge in [0.2, 0.25) is 0 Å². The second kappa shape index (κ2) is 4.37. The van der Waals surface area contributed by atoms with Crippen LogP contribution in [0.25, 0.3) is 16.6 Å². The summed E-state index contributed by atoms with van der Waals surface area (Å²) in [5.74, 6) is 0. The Morgan fingerprint density at radius 1 is 1.00 bits per heavy atom. The molecule has 0 saturated heterocycles. The van der Waals surface area contributed by atoms with Crippen LogP contribution >= 0.6 is 0 Å². The fourth-order valence-electron chi connectivity index (χ4n) is 2.27. The SMILES string of the molecule is CC(C)(C)c1cc2cc(-n3ccc(=O)cc3)ccc2[nH]1. The number of nitrogens with one attached hydrogen (secondary N) is 1. The minimum Gasteiger partial charge on any atom is -0.358 e. The van der Waals surface area contributed by atoms with Crippen molar-refractivity contribution >= 4 is 10.9 Å². The summed E-state index contributed by atoms with van der Waals surface area (Å²) in [6.07, 6.45) is 3.58. The zero-order valence-corrected chi connectivity index (χ0v) is 12.0. The average Bonchev–Trinajstić information content (AvgIpc) is 2.82. The lowest BCUT2D eigenvalue weighted by Gasteiger charge is -2.15. The molecule has 0 aliphatic heterocycles. The van der Waals surface area contributed by atoms with Crippen molar-refractivity contribution in [3.63, 3.8) is 0 Å². The number of hydrogen-bond acceptors (Lipinski definition) is 1. The highest BCUT2D eigenvalue weighted by atomic mass is 16.1. The monoisotopic (exact) mass is 266 g/mol. The molecule has 2 aromatic heterocycles. The van der Waals surface area contributed by atoms with E-state index in [1.807, 2.05) is 4.57 Å². The molecule has 2 heterocycles. The molecular formula is C17H18N2O. The summed E-state index contributed by atoms with van der Waals surface area (Å²) >= 11 is 0. The smallest absolute Gasteiger partial charge is 0.181 e. The van der Waals surface area contributed by atoms with Crippen LogP contribution in [0.2, 0.25) is 0 Å². The van der Waals surface area contributed by atoms with Crippen molar-refractivity contribution in [3.05, 3.63) is 64.7 Å². The molecule has 0 atom stereocenters. The van der Waals surface area contributed by atoms with E-state index in [1.54, 1.807) is 24.5 Å². The van der Waals surface area contributed by atoms with Gasteiger partial charge in [-0.2, -0.15) is 0 Å². The lowest BCUT2D eigenvalue weighted by molar-refractivity contribution is 0.574. The summed E-state index contributed by atoms with van der Waals surface area (Å²) in [6, 6.07) is 11.6. The molecule has 0 bridgehead atoms. The van der Waals surface area contributed by atoms with E-state index in [1.165, 1.54) is 11.1 Å². The summed E-state index contributed by atoms with van der Waals surface area (Å²) < 4.78 is 1.95. The molecule has 0 spiro atoms. The van der Waals surface area contributed by atoms with Crippen LogP contribution in [0.3, 0.4) is 0 Å². The van der Waals surface area contributed by atoms with Crippen LogP contribution in [-0.4, -0.2) is 9.55 Å². The van der Waals surface area contributed by atoms with Crippen LogP contribution in [0.4, 0.5) is 0 Å². The van der Waals surface area contributed by atoms with Crippen molar-refractivity contribution < 1.29 is 0 Å². The normalized spacial score (nSPS) is 11.9. The minimum atomic E-state index is 0.0268. The molecule has 3 aromatic rings. The third-order valence-corrected chi connectivity index (χ3v) is 3.51. The maximum Gasteiger partial charge on any atom is 0.181 e. The largest absolute Gasteiger partial charge is 0.358 e. The Bertz CT molecular complexity index is 798. The Morgan fingerprint density at radius 2 is 1.70 bits per heavy atom. The van der Waals surface area contributed by atoms with Crippen molar-refractivity contribution in [2.24, 2.45) is 0 Å². The topological polar surface area (TPSA) is 37.8 Å². The molecule has 0 aliphatic carbocycles. The summed E-state index contributed by atoms with van der Waals surface area (Å²) in [5, 5.41) is 1.19. The molecule has 0 radical (unpaired) electrons. The van der Waals surface area contributed by atoms with E-state index >= 15 is 0 Å². The molecule has 20 heavy (non-hydrogen) atoms. The van der Waals surface area contributed by atoms with Gasteiger partial charge in [0.05, 0.1) is 0 Å². The summed E-state index contributed by atoms with van der Waals surface area (Å²) in [7, 11) is 0. The van der Waals surface area contributed by atoms with Crippen LogP contribution in [-0.2, 0) is 5.41 Å². The fraction of sp³-hybridized carbons (Fsp3) is 0.235. The van der Waals surface area contributed by atoms with Crippen LogP contribution in [0.5, 0.6) is 0 Å². The standard InChI is InChI=1S/C17H18N2O/c1-17(2,3)16-11-12-10-13(4-5-15(12)18-16)19-8-6-14(20)7-9-19/h4-11,18H,1-3H3. The van der Waals surface area contributed by atoms with Crippen molar-refractivity contribution in [2.45, 2.75) is 26.2 Å². The maximum atomic E-state index is 11.2. The molecule has 1 N–H and O–H groups in total. The van der Waals surface area contributed by atoms with Gasteiger partial charge in [0.1, 0.15) is 0 Å². The first-order valence-electron chi connectivity index (χ1n) is 6.75. The number of aromatic nitrogens is 2. The predicted octanol–water partition coefficient (Wildman–Crippen LogP) is 3.62. The summed E-state index contributed by atoms with van der Waals surface area (Å²) in [5.41, 5.74) is 3.55. The molecule has 3 heteroatoms. The van der Waals surface area contributed by atoms with E-state index in [-0.39, 0.29) is 10.8 Å². The van der Waals surface area contributed by atoms with Crippen LogP contribution in [0.1, 0.15) is 26.5 Å². The number of nitrogens with zero attached hydrogens (tertiary/aromatic N) is 1. The molecule has 3 rings (SSSR count). The predicted molar refractivity (Wildman–Crippen MR) is 82.6 cm³/mol. The van der Waals surface area contributed by atoms with Crippen LogP contribution in [0, 0.1) is 0 Å². The quantitative estimate of drug-likeness (QED) is 0.717. The van der Waals surface area contributed by atoms with Crippen molar-refractivity contribution in [1.29, 1.82) is 0 Å². The highest BCUT2D eigenvalue weighted by Gasteiger charge is 2.16. The molecular weight excluding hydrogens is 248 g/mol. The lowest BCUT2D eigenvalue weighted by Crippen LogP contribution is -2.10. The van der Waals surface area contributed by atoms with Crippen molar-refractivity contribution in [1.82, 2.24) is 9.55 Å². The van der Waals surface area contributed by atoms with Gasteiger partial charge in [-0.1, -0.05) is 20.8 Å². The van der Waals surface area contributed by atoms with E-state index in [4.69, 9.17) is 0 Å². The van der Waals surface area contributed by atoms with Gasteiger partial charge in [-0.15, -0.1) is 0 Å². The molecule has 102 valence electrons. The van der Waals surface area contributed by atoms with Gasteiger partial charge in [0.25, 0.3) is 0 Å². The van der Waals surface area contributed by atoms with Gasteiger partial charge in [-0.05, 0) is 24.3 Å². The highest BCUT2D eigenvalue weighted by molar-refractivity contribution is 5.82. The Labute approximate surface area is 117 Å². The number of aromatic amines is 1. The molecule has 0 aliphatic rings. The van der Waals surface area contributed by atoms with Gasteiger partial charge >= 0.3 is 0 Å². The number of rotatable bonds is 1. The first kappa shape index (κ1) is 12.7. The minimum absolute atomic E-state index is 0.0268. The van der Waals surface area contributed by atoms with E-state index in [0.29, 0.717) is 0 Å². The molecule has 0 amide bonds. The van der Waals surface area contributed by atoms with Gasteiger partial charge in [0.15, 0.2) is 5.43 Å². The summed E-state index contributed by atoms with van der Waals surface area (Å²) in [6.45, 7) is 6.58. The van der Waals surface area contributed by atoms with Gasteiger partial charge in [0, 0.05) is 52.2 Å². The third-order valence-electron chi connectivity index (χ3n) is 3.51. The average molecular weight is 266 g/mol. The first-order chi connectivity index (χ1) is 9.43. The number of H-pyrrole nitrogens is 1. The van der Waals surface area contributed by atoms with Crippen molar-refractivity contribution in [3.8, 4) is 5.69 Å². The number of fused-ring (bicyclic) bond motifs is 1. The van der Waals surface area contributed by atoms with Crippen molar-refractivity contribution in [2.75, 3.05) is 0 Å². The Morgan fingerprint density at radius 3 is 2.35 bits per heavy atom. The van der Waals surface area contributed by atoms with E-state index in [2.05, 4.69) is 50.0 Å². The Balaban J connectivity index is 2.11. The zero-order valence-electron chi connectivity index (χ0n) is 12.0. The lowest BCUT2D eigenvalue weighted by atomic mass is 9.92. The Hall–Kier alpha value is -2.29. The number of benzene rings is 1. The molecule has 0 fully saturated rings. The van der Waals surface area contributed by atoms with E-state index in [9.17, 15) is 4.79 Å². The van der Waals surface area contributed by atoms with Gasteiger partial charge in [-0.25, -0.2) is 0 Å². The Kier molecular flexibility index (Phi) is 2.78. The maximum absolute atomic E-state index is 11.2. The fourth-order valence-corrected chi connectivity index (χ4v) is 2.27. The zero-order chi connectivity index (χ0) is 14.3. The molecule has 0 unspecified atom stereocenters. The molecule has 1 aromatic carbocycles. The van der Waals surface area contributed by atoms with Crippen LogP contribution < -0.4 is 5.43 Å². The highest BCUT2D eigenvalue weighted by Crippen LogP contribution is 2.26. The summed E-state index contributed by atoms with van der Waals surface area (Å²) in [4.78, 5) is 14.6. The van der Waals surface area contributed by atoms with Crippen LogP contribution in [0.15, 0.2) is 53.6 Å². The number of hydrogen-bond donors (Lipinski definition) is 1. The molecule has 0 saturated carbocycles. The van der Waals surface area contributed by atoms with Gasteiger partial charge in [-0.3, -0.25) is 4.79 Å². The van der Waals surface area contributed by atoms with E-state index < -0.39 is 0 Å². The second-order valence-corrected chi connectivity index (χ2v) is 6.15. The third kappa shape index (κ3) is 2.27. The molecule has 3 nitrogen and oxygen atoms in total. The first-order valence-corrected chi connectivity index (χ1v) is 6.75. The second-order valence-electron chi connectivity index (χ2n) is 6.15. The number of pyridine rings is 1.